The van der Waals surface area contributed by atoms with Crippen LogP contribution in [0.15, 0.2) is 22.8 Å². The molecule has 1 rings (SSSR count). The number of rotatable bonds is 7. The zero-order chi connectivity index (χ0) is 11.1. The van der Waals surface area contributed by atoms with Crippen LogP contribution in [-0.4, -0.2) is 31.9 Å². The van der Waals surface area contributed by atoms with Crippen LogP contribution < -0.4 is 5.32 Å². The van der Waals surface area contributed by atoms with Gasteiger partial charge < -0.3 is 19.6 Å². The summed E-state index contributed by atoms with van der Waals surface area (Å²) >= 11 is 0. The maximum Gasteiger partial charge on any atom is 0.133 e. The van der Waals surface area contributed by atoms with Gasteiger partial charge in [-0.15, -0.1) is 0 Å². The van der Waals surface area contributed by atoms with Gasteiger partial charge in [-0.05, 0) is 18.1 Å². The minimum atomic E-state index is -0.574. The van der Waals surface area contributed by atoms with Gasteiger partial charge in [0.05, 0.1) is 6.26 Å². The molecule has 0 aliphatic carbocycles. The number of aliphatic hydroxyl groups is 1. The molecule has 0 aliphatic rings. The molecule has 0 fully saturated rings. The summed E-state index contributed by atoms with van der Waals surface area (Å²) in [6.45, 7) is 4.15. The molecular formula is C11H19NO3. The minimum Gasteiger partial charge on any atom is -0.467 e. The first-order valence-corrected chi connectivity index (χ1v) is 5.15. The van der Waals surface area contributed by atoms with Crippen molar-refractivity contribution in [2.75, 3.05) is 26.8 Å². The zero-order valence-corrected chi connectivity index (χ0v) is 9.27. The van der Waals surface area contributed by atoms with E-state index in [0.29, 0.717) is 18.2 Å². The number of aliphatic hydroxyl groups excluding tert-OH is 1. The first-order chi connectivity index (χ1) is 7.24. The van der Waals surface area contributed by atoms with Gasteiger partial charge in [-0.25, -0.2) is 0 Å². The average Bonchev–Trinajstić information content (AvgIpc) is 2.70. The molecule has 1 aromatic rings. The summed E-state index contributed by atoms with van der Waals surface area (Å²) in [4.78, 5) is 0. The van der Waals surface area contributed by atoms with Crippen LogP contribution in [0.5, 0.6) is 0 Å². The highest BCUT2D eigenvalue weighted by Crippen LogP contribution is 2.11. The molecule has 2 N–H and O–H groups in total. The van der Waals surface area contributed by atoms with Crippen molar-refractivity contribution in [3.05, 3.63) is 24.2 Å². The van der Waals surface area contributed by atoms with E-state index in [4.69, 9.17) is 9.15 Å². The van der Waals surface area contributed by atoms with E-state index < -0.39 is 6.10 Å². The molecule has 0 radical (unpaired) electrons. The molecule has 2 atom stereocenters. The standard InChI is InChI=1S/C11H19NO3/c1-9(8-14-2)6-12-7-10(13)11-4-3-5-15-11/h3-5,9-10,12-13H,6-8H2,1-2H3. The van der Waals surface area contributed by atoms with E-state index in [1.165, 1.54) is 0 Å². The summed E-state index contributed by atoms with van der Waals surface area (Å²) in [6.07, 6.45) is 0.987. The van der Waals surface area contributed by atoms with Gasteiger partial charge in [-0.3, -0.25) is 0 Å². The lowest BCUT2D eigenvalue weighted by Gasteiger charge is -2.13. The van der Waals surface area contributed by atoms with Gasteiger partial charge in [0.25, 0.3) is 0 Å². The lowest BCUT2D eigenvalue weighted by molar-refractivity contribution is 0.135. The van der Waals surface area contributed by atoms with E-state index in [9.17, 15) is 5.11 Å². The third-order valence-corrected chi connectivity index (χ3v) is 2.15. The molecule has 0 aromatic carbocycles. The van der Waals surface area contributed by atoms with Crippen LogP contribution in [-0.2, 0) is 4.74 Å². The fourth-order valence-corrected chi connectivity index (χ4v) is 1.39. The summed E-state index contributed by atoms with van der Waals surface area (Å²) in [6, 6.07) is 3.54. The molecule has 0 amide bonds. The number of furan rings is 1. The average molecular weight is 213 g/mol. The highest BCUT2D eigenvalue weighted by Gasteiger charge is 2.10. The second-order valence-corrected chi connectivity index (χ2v) is 3.75. The maximum absolute atomic E-state index is 9.66. The Hall–Kier alpha value is -0.840. The molecule has 4 heteroatoms. The van der Waals surface area contributed by atoms with Crippen molar-refractivity contribution in [1.82, 2.24) is 5.32 Å². The Kier molecular flexibility index (Phi) is 5.39. The predicted octanol–water partition coefficient (Wildman–Crippen LogP) is 1.19. The second kappa shape index (κ2) is 6.61. The first kappa shape index (κ1) is 12.2. The number of nitrogens with one attached hydrogen (secondary N) is 1. The Morgan fingerprint density at radius 1 is 1.53 bits per heavy atom. The molecule has 0 saturated carbocycles. The fraction of sp³-hybridized carbons (Fsp3) is 0.636. The number of hydrogen-bond donors (Lipinski definition) is 2. The Morgan fingerprint density at radius 2 is 2.33 bits per heavy atom. The van der Waals surface area contributed by atoms with Crippen molar-refractivity contribution in [1.29, 1.82) is 0 Å². The van der Waals surface area contributed by atoms with Crippen LogP contribution in [0.2, 0.25) is 0 Å². The van der Waals surface area contributed by atoms with Crippen LogP contribution in [0, 0.1) is 5.92 Å². The molecule has 0 saturated heterocycles. The van der Waals surface area contributed by atoms with Gasteiger partial charge in [-0.2, -0.15) is 0 Å². The van der Waals surface area contributed by atoms with E-state index in [2.05, 4.69) is 12.2 Å². The van der Waals surface area contributed by atoms with E-state index >= 15 is 0 Å². The molecule has 86 valence electrons. The normalized spacial score (nSPS) is 15.1. The highest BCUT2D eigenvalue weighted by molar-refractivity contribution is 5.02. The summed E-state index contributed by atoms with van der Waals surface area (Å²) in [7, 11) is 1.69. The van der Waals surface area contributed by atoms with E-state index in [0.717, 1.165) is 13.2 Å². The van der Waals surface area contributed by atoms with Gasteiger partial charge in [0.2, 0.25) is 0 Å². The van der Waals surface area contributed by atoms with Crippen molar-refractivity contribution in [2.24, 2.45) is 5.92 Å². The van der Waals surface area contributed by atoms with Crippen LogP contribution in [0.3, 0.4) is 0 Å². The topological polar surface area (TPSA) is 54.6 Å². The Labute approximate surface area is 90.2 Å². The molecule has 1 aromatic heterocycles. The first-order valence-electron chi connectivity index (χ1n) is 5.15. The van der Waals surface area contributed by atoms with Crippen LogP contribution in [0.25, 0.3) is 0 Å². The summed E-state index contributed by atoms with van der Waals surface area (Å²) in [5.74, 6) is 1.04. The smallest absolute Gasteiger partial charge is 0.133 e. The lowest BCUT2D eigenvalue weighted by Crippen LogP contribution is -2.27. The predicted molar refractivity (Wildman–Crippen MR) is 57.6 cm³/mol. The third-order valence-electron chi connectivity index (χ3n) is 2.15. The quantitative estimate of drug-likeness (QED) is 0.714. The van der Waals surface area contributed by atoms with Crippen LogP contribution >= 0.6 is 0 Å². The van der Waals surface area contributed by atoms with E-state index in [1.807, 2.05) is 0 Å². The summed E-state index contributed by atoms with van der Waals surface area (Å²) < 4.78 is 10.1. The highest BCUT2D eigenvalue weighted by atomic mass is 16.5. The minimum absolute atomic E-state index is 0.443. The van der Waals surface area contributed by atoms with Gasteiger partial charge in [0, 0.05) is 26.8 Å². The van der Waals surface area contributed by atoms with Gasteiger partial charge in [0.1, 0.15) is 11.9 Å². The lowest BCUT2D eigenvalue weighted by atomic mass is 10.2. The van der Waals surface area contributed by atoms with Crippen LogP contribution in [0.1, 0.15) is 18.8 Å². The maximum atomic E-state index is 9.66. The molecule has 4 nitrogen and oxygen atoms in total. The number of hydrogen-bond acceptors (Lipinski definition) is 4. The monoisotopic (exact) mass is 213 g/mol. The Balaban J connectivity index is 2.15. The Morgan fingerprint density at radius 3 is 2.93 bits per heavy atom. The van der Waals surface area contributed by atoms with Crippen molar-refractivity contribution in [3.63, 3.8) is 0 Å². The summed E-state index contributed by atoms with van der Waals surface area (Å²) in [5, 5.41) is 12.8. The number of ether oxygens (including phenoxy) is 1. The van der Waals surface area contributed by atoms with Gasteiger partial charge in [0.15, 0.2) is 0 Å². The SMILES string of the molecule is COCC(C)CNCC(O)c1ccco1. The van der Waals surface area contributed by atoms with Crippen molar-refractivity contribution in [2.45, 2.75) is 13.0 Å². The second-order valence-electron chi connectivity index (χ2n) is 3.75. The van der Waals surface area contributed by atoms with Crippen molar-refractivity contribution >= 4 is 0 Å². The largest absolute Gasteiger partial charge is 0.467 e. The summed E-state index contributed by atoms with van der Waals surface area (Å²) in [5.41, 5.74) is 0. The molecule has 0 aliphatic heterocycles. The zero-order valence-electron chi connectivity index (χ0n) is 9.27. The van der Waals surface area contributed by atoms with Gasteiger partial charge in [-0.1, -0.05) is 6.92 Å². The van der Waals surface area contributed by atoms with Gasteiger partial charge >= 0.3 is 0 Å². The van der Waals surface area contributed by atoms with Crippen molar-refractivity contribution in [3.8, 4) is 0 Å². The fourth-order valence-electron chi connectivity index (χ4n) is 1.39. The van der Waals surface area contributed by atoms with E-state index in [1.54, 1.807) is 25.5 Å². The molecule has 0 spiro atoms. The molecule has 1 heterocycles. The third kappa shape index (κ3) is 4.46. The van der Waals surface area contributed by atoms with E-state index in [-0.39, 0.29) is 0 Å². The molecule has 15 heavy (non-hydrogen) atoms. The molecule has 2 unspecified atom stereocenters. The molecule has 0 bridgehead atoms. The molecular weight excluding hydrogens is 194 g/mol. The number of methoxy groups -OCH3 is 1. The van der Waals surface area contributed by atoms with Crippen molar-refractivity contribution < 1.29 is 14.3 Å². The Bertz CT molecular complexity index is 248. The van der Waals surface area contributed by atoms with Crippen LogP contribution in [0.4, 0.5) is 0 Å².